The molecule has 4 nitrogen and oxygen atoms in total. The minimum absolute atomic E-state index is 0.307. The molecule has 0 spiro atoms. The molecule has 21 heavy (non-hydrogen) atoms. The summed E-state index contributed by atoms with van der Waals surface area (Å²) in [5, 5.41) is 8.75. The number of benzene rings is 1. The van der Waals surface area contributed by atoms with E-state index in [1.807, 2.05) is 0 Å². The van der Waals surface area contributed by atoms with Crippen molar-refractivity contribution in [3.8, 4) is 0 Å². The van der Waals surface area contributed by atoms with Gasteiger partial charge in [0.25, 0.3) is 0 Å². The van der Waals surface area contributed by atoms with E-state index in [0.29, 0.717) is 18.9 Å². The average Bonchev–Trinajstić information content (AvgIpc) is 2.49. The molecule has 1 aliphatic heterocycles. The summed E-state index contributed by atoms with van der Waals surface area (Å²) in [7, 11) is 1.73. The lowest BCUT2D eigenvalue weighted by Gasteiger charge is -2.32. The zero-order chi connectivity index (χ0) is 15.1. The van der Waals surface area contributed by atoms with Crippen LogP contribution < -0.4 is 0 Å². The van der Waals surface area contributed by atoms with E-state index in [4.69, 9.17) is 9.84 Å². The van der Waals surface area contributed by atoms with Crippen molar-refractivity contribution in [1.29, 1.82) is 0 Å². The van der Waals surface area contributed by atoms with E-state index < -0.39 is 5.97 Å². The normalized spacial score (nSPS) is 17.0. The number of ether oxygens (including phenoxy) is 1. The molecule has 0 unspecified atom stereocenters. The Balaban J connectivity index is 1.82. The first-order chi connectivity index (χ1) is 10.2. The maximum Gasteiger partial charge on any atom is 0.303 e. The second-order valence-corrected chi connectivity index (χ2v) is 5.85. The van der Waals surface area contributed by atoms with Crippen LogP contribution in [0.4, 0.5) is 0 Å². The van der Waals surface area contributed by atoms with Gasteiger partial charge >= 0.3 is 5.97 Å². The second-order valence-electron chi connectivity index (χ2n) is 5.85. The van der Waals surface area contributed by atoms with Crippen LogP contribution in [0.25, 0.3) is 0 Å². The summed E-state index contributed by atoms with van der Waals surface area (Å²) in [4.78, 5) is 13.1. The van der Waals surface area contributed by atoms with Gasteiger partial charge in [0, 0.05) is 20.1 Å². The van der Waals surface area contributed by atoms with E-state index in [2.05, 4.69) is 29.2 Å². The van der Waals surface area contributed by atoms with E-state index in [9.17, 15) is 4.79 Å². The molecular weight excluding hydrogens is 266 g/mol. The highest BCUT2D eigenvalue weighted by Gasteiger charge is 2.20. The van der Waals surface area contributed by atoms with E-state index in [-0.39, 0.29) is 0 Å². The summed E-state index contributed by atoms with van der Waals surface area (Å²) in [6.07, 6.45) is 3.35. The molecule has 116 valence electrons. The molecule has 1 fully saturated rings. The number of methoxy groups -OCH3 is 1. The first kappa shape index (κ1) is 16.0. The molecule has 2 rings (SSSR count). The Kier molecular flexibility index (Phi) is 6.21. The van der Waals surface area contributed by atoms with E-state index in [1.54, 1.807) is 7.11 Å². The standard InChI is InChI=1S/C17H25NO3/c1-21-13-16-5-3-2-4-15(16)12-18-10-8-14(9-11-18)6-7-17(19)20/h2-5,14H,6-13H2,1H3,(H,19,20). The molecule has 0 atom stereocenters. The van der Waals surface area contributed by atoms with Crippen molar-refractivity contribution in [2.75, 3.05) is 20.2 Å². The zero-order valence-electron chi connectivity index (χ0n) is 12.8. The summed E-state index contributed by atoms with van der Waals surface area (Å²) in [5.41, 5.74) is 2.59. The van der Waals surface area contributed by atoms with Crippen molar-refractivity contribution in [2.45, 2.75) is 38.8 Å². The Morgan fingerprint density at radius 1 is 1.29 bits per heavy atom. The maximum absolute atomic E-state index is 10.6. The van der Waals surface area contributed by atoms with Gasteiger partial charge < -0.3 is 9.84 Å². The van der Waals surface area contributed by atoms with Crippen molar-refractivity contribution in [2.24, 2.45) is 5.92 Å². The molecule has 0 bridgehead atoms. The molecule has 4 heteroatoms. The third-order valence-corrected chi connectivity index (χ3v) is 4.29. The molecule has 0 saturated carbocycles. The van der Waals surface area contributed by atoms with Gasteiger partial charge in [0.2, 0.25) is 0 Å². The summed E-state index contributed by atoms with van der Waals surface area (Å²) in [5.74, 6) is -0.0995. The summed E-state index contributed by atoms with van der Waals surface area (Å²) in [6.45, 7) is 3.74. The third-order valence-electron chi connectivity index (χ3n) is 4.29. The van der Waals surface area contributed by atoms with Gasteiger partial charge in [-0.15, -0.1) is 0 Å². The lowest BCUT2D eigenvalue weighted by atomic mass is 9.92. The molecule has 1 aromatic rings. The fraction of sp³-hybridized carbons (Fsp3) is 0.588. The van der Waals surface area contributed by atoms with Gasteiger partial charge in [-0.05, 0) is 49.4 Å². The predicted molar refractivity (Wildman–Crippen MR) is 82.0 cm³/mol. The Morgan fingerprint density at radius 3 is 2.57 bits per heavy atom. The summed E-state index contributed by atoms with van der Waals surface area (Å²) in [6, 6.07) is 8.42. The smallest absolute Gasteiger partial charge is 0.303 e. The number of hydrogen-bond donors (Lipinski definition) is 1. The van der Waals surface area contributed by atoms with E-state index in [0.717, 1.165) is 38.9 Å². The third kappa shape index (κ3) is 5.14. The van der Waals surface area contributed by atoms with Gasteiger partial charge in [-0.2, -0.15) is 0 Å². The fourth-order valence-corrected chi connectivity index (χ4v) is 3.01. The van der Waals surface area contributed by atoms with Gasteiger partial charge in [-0.25, -0.2) is 0 Å². The maximum atomic E-state index is 10.6. The molecule has 1 heterocycles. The average molecular weight is 291 g/mol. The topological polar surface area (TPSA) is 49.8 Å². The Bertz CT molecular complexity index is 453. The fourth-order valence-electron chi connectivity index (χ4n) is 3.01. The molecule has 1 aromatic carbocycles. The van der Waals surface area contributed by atoms with Gasteiger partial charge in [0.1, 0.15) is 0 Å². The number of piperidine rings is 1. The lowest BCUT2D eigenvalue weighted by Crippen LogP contribution is -2.33. The van der Waals surface area contributed by atoms with Crippen molar-refractivity contribution in [3.05, 3.63) is 35.4 Å². The van der Waals surface area contributed by atoms with Crippen molar-refractivity contribution >= 4 is 5.97 Å². The number of hydrogen-bond acceptors (Lipinski definition) is 3. The monoisotopic (exact) mass is 291 g/mol. The Labute approximate surface area is 126 Å². The molecule has 0 amide bonds. The van der Waals surface area contributed by atoms with Gasteiger partial charge in [0.05, 0.1) is 6.61 Å². The van der Waals surface area contributed by atoms with Gasteiger partial charge in [-0.1, -0.05) is 24.3 Å². The highest BCUT2D eigenvalue weighted by atomic mass is 16.5. The van der Waals surface area contributed by atoms with E-state index >= 15 is 0 Å². The van der Waals surface area contributed by atoms with Crippen molar-refractivity contribution in [3.63, 3.8) is 0 Å². The summed E-state index contributed by atoms with van der Waals surface area (Å²) < 4.78 is 5.26. The number of carboxylic acids is 1. The minimum atomic E-state index is -0.675. The number of rotatable bonds is 7. The minimum Gasteiger partial charge on any atom is -0.481 e. The van der Waals surface area contributed by atoms with E-state index in [1.165, 1.54) is 11.1 Å². The van der Waals surface area contributed by atoms with Crippen LogP contribution in [0.3, 0.4) is 0 Å². The SMILES string of the molecule is COCc1ccccc1CN1CCC(CCC(=O)O)CC1. The lowest BCUT2D eigenvalue weighted by molar-refractivity contribution is -0.137. The second kappa shape index (κ2) is 8.15. The van der Waals surface area contributed by atoms with Gasteiger partial charge in [0.15, 0.2) is 0 Å². The van der Waals surface area contributed by atoms with Crippen molar-refractivity contribution in [1.82, 2.24) is 4.90 Å². The van der Waals surface area contributed by atoms with Crippen molar-refractivity contribution < 1.29 is 14.6 Å². The summed E-state index contributed by atoms with van der Waals surface area (Å²) >= 11 is 0. The van der Waals surface area contributed by atoms with Crippen LogP contribution in [0, 0.1) is 5.92 Å². The van der Waals surface area contributed by atoms with Crippen LogP contribution >= 0.6 is 0 Å². The first-order valence-corrected chi connectivity index (χ1v) is 7.69. The molecule has 1 N–H and O–H groups in total. The molecule has 1 aliphatic rings. The predicted octanol–water partition coefficient (Wildman–Crippen LogP) is 2.91. The van der Waals surface area contributed by atoms with Crippen LogP contribution in [-0.4, -0.2) is 36.2 Å². The van der Waals surface area contributed by atoms with Crippen LogP contribution in [-0.2, 0) is 22.7 Å². The highest BCUT2D eigenvalue weighted by molar-refractivity contribution is 5.66. The number of aliphatic carboxylic acids is 1. The Hall–Kier alpha value is -1.39. The van der Waals surface area contributed by atoms with Crippen LogP contribution in [0.15, 0.2) is 24.3 Å². The number of likely N-dealkylation sites (tertiary alicyclic amines) is 1. The van der Waals surface area contributed by atoms with Crippen LogP contribution in [0.2, 0.25) is 0 Å². The zero-order valence-corrected chi connectivity index (χ0v) is 12.8. The largest absolute Gasteiger partial charge is 0.481 e. The quantitative estimate of drug-likeness (QED) is 0.839. The first-order valence-electron chi connectivity index (χ1n) is 7.69. The molecule has 0 radical (unpaired) electrons. The molecular formula is C17H25NO3. The van der Waals surface area contributed by atoms with Crippen LogP contribution in [0.5, 0.6) is 0 Å². The van der Waals surface area contributed by atoms with Crippen LogP contribution in [0.1, 0.15) is 36.8 Å². The molecule has 0 aliphatic carbocycles. The number of nitrogens with zero attached hydrogens (tertiary/aromatic N) is 1. The number of carbonyl (C=O) groups is 1. The Morgan fingerprint density at radius 2 is 1.95 bits per heavy atom. The van der Waals surface area contributed by atoms with Gasteiger partial charge in [-0.3, -0.25) is 9.69 Å². The number of carboxylic acid groups (broad SMARTS) is 1. The molecule has 0 aromatic heterocycles. The highest BCUT2D eigenvalue weighted by Crippen LogP contribution is 2.23. The molecule has 1 saturated heterocycles.